The van der Waals surface area contributed by atoms with Gasteiger partial charge in [0.05, 0.1) is 40.3 Å². The molecule has 0 fully saturated rings. The SMILES string of the molecule is CCCCCCCCCCCCCCCCCCCCCCCCCCCC(=O)OC(COC(=O)CCCCCCCCCCCCCCC)COC(OCC[N+](C)(C)C)C(=O)[O-]. The van der Waals surface area contributed by atoms with Crippen LogP contribution in [0.25, 0.3) is 0 Å². The number of likely N-dealkylation sites (N-methyl/N-ethyl adjacent to an activating group) is 1. The minimum atomic E-state index is -1.61. The van der Waals surface area contributed by atoms with E-state index in [1.54, 1.807) is 0 Å². The Bertz CT molecular complexity index is 1000. The number of aliphatic carboxylic acids is 1. The highest BCUT2D eigenvalue weighted by atomic mass is 16.7. The molecule has 0 aliphatic heterocycles. The van der Waals surface area contributed by atoms with Gasteiger partial charge in [-0.2, -0.15) is 0 Å². The van der Waals surface area contributed by atoms with E-state index in [4.69, 9.17) is 18.9 Å². The molecule has 0 rings (SSSR count). The molecule has 0 aromatic heterocycles. The summed E-state index contributed by atoms with van der Waals surface area (Å²) in [5.74, 6) is -2.26. The largest absolute Gasteiger partial charge is 0.545 e. The van der Waals surface area contributed by atoms with Crippen LogP contribution >= 0.6 is 0 Å². The van der Waals surface area contributed by atoms with Crippen molar-refractivity contribution < 1.29 is 42.9 Å². The van der Waals surface area contributed by atoms with Crippen molar-refractivity contribution in [1.82, 2.24) is 0 Å². The fraction of sp³-hybridized carbons (Fsp3) is 0.944. The molecule has 374 valence electrons. The lowest BCUT2D eigenvalue weighted by molar-refractivity contribution is -0.870. The Morgan fingerprint density at radius 2 is 0.714 bits per heavy atom. The fourth-order valence-corrected chi connectivity index (χ4v) is 8.13. The van der Waals surface area contributed by atoms with Crippen LogP contribution in [0.5, 0.6) is 0 Å². The summed E-state index contributed by atoms with van der Waals surface area (Å²) in [5, 5.41) is 11.7. The van der Waals surface area contributed by atoms with E-state index in [2.05, 4.69) is 13.8 Å². The van der Waals surface area contributed by atoms with Crippen LogP contribution in [0.4, 0.5) is 0 Å². The second-order valence-electron chi connectivity index (χ2n) is 19.9. The van der Waals surface area contributed by atoms with Crippen molar-refractivity contribution >= 4 is 17.9 Å². The number of esters is 2. The van der Waals surface area contributed by atoms with Crippen LogP contribution in [0.1, 0.15) is 271 Å². The summed E-state index contributed by atoms with van der Waals surface area (Å²) in [7, 11) is 5.93. The molecular formula is C54H105NO8. The number of rotatable bonds is 51. The van der Waals surface area contributed by atoms with Gasteiger partial charge in [0.2, 0.25) is 0 Å². The van der Waals surface area contributed by atoms with Crippen LogP contribution in [-0.4, -0.2) is 82.3 Å². The van der Waals surface area contributed by atoms with Crippen LogP contribution in [0, 0.1) is 0 Å². The lowest BCUT2D eigenvalue weighted by Crippen LogP contribution is -2.44. The third kappa shape index (κ3) is 48.1. The number of carboxylic acids is 1. The number of ether oxygens (including phenoxy) is 4. The van der Waals surface area contributed by atoms with Crippen molar-refractivity contribution in [3.8, 4) is 0 Å². The van der Waals surface area contributed by atoms with Gasteiger partial charge in [0, 0.05) is 12.8 Å². The highest BCUT2D eigenvalue weighted by Crippen LogP contribution is 2.17. The lowest BCUT2D eigenvalue weighted by Gasteiger charge is -2.26. The van der Waals surface area contributed by atoms with Crippen molar-refractivity contribution in [1.29, 1.82) is 0 Å². The topological polar surface area (TPSA) is 111 Å². The molecule has 0 saturated heterocycles. The Morgan fingerprint density at radius 1 is 0.413 bits per heavy atom. The lowest BCUT2D eigenvalue weighted by atomic mass is 10.0. The first kappa shape index (κ1) is 61.3. The summed E-state index contributed by atoms with van der Waals surface area (Å²) in [5.41, 5.74) is 0. The first-order valence-electron chi connectivity index (χ1n) is 27.2. The third-order valence-electron chi connectivity index (χ3n) is 12.4. The van der Waals surface area contributed by atoms with E-state index in [-0.39, 0.29) is 32.2 Å². The quantitative estimate of drug-likeness (QED) is 0.0257. The monoisotopic (exact) mass is 896 g/mol. The molecule has 63 heavy (non-hydrogen) atoms. The maximum Gasteiger partial charge on any atom is 0.306 e. The second kappa shape index (κ2) is 46.8. The number of carboxylic acid groups (broad SMARTS) is 1. The van der Waals surface area contributed by atoms with Crippen molar-refractivity contribution in [3.63, 3.8) is 0 Å². The molecule has 0 aliphatic rings. The van der Waals surface area contributed by atoms with Gasteiger partial charge >= 0.3 is 11.9 Å². The second-order valence-corrected chi connectivity index (χ2v) is 19.9. The molecule has 0 spiro atoms. The molecule has 0 amide bonds. The Kier molecular flexibility index (Phi) is 45.5. The Labute approximate surface area is 390 Å². The van der Waals surface area contributed by atoms with Gasteiger partial charge in [-0.3, -0.25) is 9.59 Å². The van der Waals surface area contributed by atoms with E-state index in [0.717, 1.165) is 38.5 Å². The first-order valence-corrected chi connectivity index (χ1v) is 27.2. The standard InChI is InChI=1S/C54H105NO8/c1-6-8-10-12-14-16-18-20-21-22-23-24-25-26-27-28-29-30-31-33-35-37-39-41-43-45-52(57)63-50(49-62-54(53(58)59)60-47-46-55(3,4)5)48-61-51(56)44-42-40-38-36-34-32-19-17-15-13-11-9-7-2/h50,54H,6-49H2,1-5H3. The number of quaternary nitrogens is 1. The molecule has 0 saturated carbocycles. The minimum Gasteiger partial charge on any atom is -0.545 e. The highest BCUT2D eigenvalue weighted by Gasteiger charge is 2.22. The van der Waals surface area contributed by atoms with Gasteiger partial charge in [-0.05, 0) is 12.8 Å². The number of hydrogen-bond donors (Lipinski definition) is 0. The number of unbranched alkanes of at least 4 members (excludes halogenated alkanes) is 36. The van der Waals surface area contributed by atoms with Crippen molar-refractivity contribution in [2.75, 3.05) is 47.5 Å². The number of hydrogen-bond acceptors (Lipinski definition) is 8. The predicted molar refractivity (Wildman–Crippen MR) is 260 cm³/mol. The summed E-state index contributed by atoms with van der Waals surface area (Å²) < 4.78 is 22.7. The van der Waals surface area contributed by atoms with E-state index >= 15 is 0 Å². The normalized spacial score (nSPS) is 12.7. The van der Waals surface area contributed by atoms with E-state index in [1.807, 2.05) is 21.1 Å². The zero-order valence-corrected chi connectivity index (χ0v) is 42.5. The minimum absolute atomic E-state index is 0.153. The molecule has 2 unspecified atom stereocenters. The molecule has 0 radical (unpaired) electrons. The van der Waals surface area contributed by atoms with Crippen molar-refractivity contribution in [2.24, 2.45) is 0 Å². The maximum absolute atomic E-state index is 12.8. The van der Waals surface area contributed by atoms with Gasteiger partial charge in [-0.1, -0.05) is 245 Å². The molecule has 0 aromatic rings. The summed E-state index contributed by atoms with van der Waals surface area (Å²) in [6, 6.07) is 0. The van der Waals surface area contributed by atoms with E-state index in [9.17, 15) is 19.5 Å². The van der Waals surface area contributed by atoms with Crippen molar-refractivity contribution in [3.05, 3.63) is 0 Å². The van der Waals surface area contributed by atoms with Gasteiger partial charge in [0.1, 0.15) is 13.2 Å². The molecule has 0 aliphatic carbocycles. The average Bonchev–Trinajstić information content (AvgIpc) is 3.24. The Balaban J connectivity index is 4.17. The molecule has 0 bridgehead atoms. The molecule has 9 nitrogen and oxygen atoms in total. The van der Waals surface area contributed by atoms with Crippen LogP contribution in [0.15, 0.2) is 0 Å². The molecule has 0 aromatic carbocycles. The van der Waals surface area contributed by atoms with Crippen LogP contribution < -0.4 is 5.11 Å². The van der Waals surface area contributed by atoms with E-state index in [0.29, 0.717) is 17.4 Å². The highest BCUT2D eigenvalue weighted by molar-refractivity contribution is 5.70. The van der Waals surface area contributed by atoms with Crippen LogP contribution in [-0.2, 0) is 33.3 Å². The van der Waals surface area contributed by atoms with E-state index < -0.39 is 24.3 Å². The molecule has 2 atom stereocenters. The summed E-state index contributed by atoms with van der Waals surface area (Å²) >= 11 is 0. The molecular weight excluding hydrogens is 791 g/mol. The zero-order chi connectivity index (χ0) is 46.3. The van der Waals surface area contributed by atoms with E-state index in [1.165, 1.54) is 205 Å². The Morgan fingerprint density at radius 3 is 1.02 bits per heavy atom. The smallest absolute Gasteiger partial charge is 0.306 e. The molecule has 0 heterocycles. The number of carbonyl (C=O) groups excluding carboxylic acids is 3. The summed E-state index contributed by atoms with van der Waals surface area (Å²) in [6.45, 7) is 4.80. The average molecular weight is 896 g/mol. The fourth-order valence-electron chi connectivity index (χ4n) is 8.13. The number of carbonyl (C=O) groups is 3. The van der Waals surface area contributed by atoms with Crippen LogP contribution in [0.2, 0.25) is 0 Å². The molecule has 9 heteroatoms. The maximum atomic E-state index is 12.8. The van der Waals surface area contributed by atoms with Gasteiger partial charge in [0.25, 0.3) is 0 Å². The first-order chi connectivity index (χ1) is 30.6. The number of nitrogens with zero attached hydrogens (tertiary/aromatic N) is 1. The predicted octanol–water partition coefficient (Wildman–Crippen LogP) is 13.9. The van der Waals surface area contributed by atoms with Gasteiger partial charge in [0.15, 0.2) is 12.4 Å². The summed E-state index contributed by atoms with van der Waals surface area (Å²) in [4.78, 5) is 37.1. The van der Waals surface area contributed by atoms with Gasteiger partial charge in [-0.15, -0.1) is 0 Å². The Hall–Kier alpha value is -1.71. The summed E-state index contributed by atoms with van der Waals surface area (Å²) in [6.07, 6.45) is 47.2. The van der Waals surface area contributed by atoms with Crippen molar-refractivity contribution in [2.45, 2.75) is 283 Å². The third-order valence-corrected chi connectivity index (χ3v) is 12.4. The van der Waals surface area contributed by atoms with Gasteiger partial charge < -0.3 is 33.3 Å². The zero-order valence-electron chi connectivity index (χ0n) is 42.5. The molecule has 0 N–H and O–H groups in total. The van der Waals surface area contributed by atoms with Crippen LogP contribution in [0.3, 0.4) is 0 Å². The van der Waals surface area contributed by atoms with Gasteiger partial charge in [-0.25, -0.2) is 0 Å².